The Kier molecular flexibility index (Phi) is 3.71. The summed E-state index contributed by atoms with van der Waals surface area (Å²) in [7, 11) is 1.93. The predicted molar refractivity (Wildman–Crippen MR) is 84.4 cm³/mol. The number of carbonyl (C=O) groups excluding carboxylic acids is 1. The van der Waals surface area contributed by atoms with Gasteiger partial charge in [0.1, 0.15) is 0 Å². The van der Waals surface area contributed by atoms with Crippen molar-refractivity contribution in [2.45, 2.75) is 37.4 Å². The number of nitrogens with one attached hydrogen (secondary N) is 1. The molecule has 1 aliphatic heterocycles. The van der Waals surface area contributed by atoms with Gasteiger partial charge in [-0.3, -0.25) is 4.79 Å². The van der Waals surface area contributed by atoms with Crippen LogP contribution in [0.2, 0.25) is 0 Å². The summed E-state index contributed by atoms with van der Waals surface area (Å²) in [5.74, 6) is -0.397. The highest BCUT2D eigenvalue weighted by Gasteiger charge is 2.34. The normalized spacial score (nSPS) is 23.0. The number of carbonyl (C=O) groups is 1. The van der Waals surface area contributed by atoms with Gasteiger partial charge in [-0.05, 0) is 40.9 Å². The molecule has 0 spiro atoms. The van der Waals surface area contributed by atoms with Gasteiger partial charge in [0.15, 0.2) is 6.10 Å². The van der Waals surface area contributed by atoms with E-state index in [1.807, 2.05) is 18.0 Å². The third kappa shape index (κ3) is 2.67. The standard InChI is InChI=1S/C15H19BrN2O3/c1-18(8-15(21)4-2-3-5-15)12-7-11-9(6-10(12)16)13(19)14(20)17-11/h6-7,13,19,21H,2-5,8H2,1H3,(H,17,20). The van der Waals surface area contributed by atoms with Crippen molar-refractivity contribution in [1.29, 1.82) is 0 Å². The van der Waals surface area contributed by atoms with Crippen LogP contribution >= 0.6 is 15.9 Å². The van der Waals surface area contributed by atoms with Crippen molar-refractivity contribution >= 4 is 33.2 Å². The van der Waals surface area contributed by atoms with Gasteiger partial charge in [-0.2, -0.15) is 0 Å². The molecule has 0 saturated heterocycles. The van der Waals surface area contributed by atoms with Gasteiger partial charge in [0.2, 0.25) is 0 Å². The second-order valence-corrected chi connectivity index (χ2v) is 6.92. The minimum absolute atomic E-state index is 0.397. The molecule has 3 N–H and O–H groups in total. The van der Waals surface area contributed by atoms with Crippen molar-refractivity contribution in [3.8, 4) is 0 Å². The molecule has 0 bridgehead atoms. The van der Waals surface area contributed by atoms with Crippen LogP contribution in [0.15, 0.2) is 16.6 Å². The number of aliphatic hydroxyl groups is 2. The minimum atomic E-state index is -1.10. The van der Waals surface area contributed by atoms with E-state index in [2.05, 4.69) is 21.2 Å². The fourth-order valence-corrected chi connectivity index (χ4v) is 3.93. The Balaban J connectivity index is 1.86. The lowest BCUT2D eigenvalue weighted by Gasteiger charge is -2.31. The first kappa shape index (κ1) is 14.8. The molecule has 1 heterocycles. The zero-order valence-corrected chi connectivity index (χ0v) is 13.5. The molecule has 1 saturated carbocycles. The fraction of sp³-hybridized carbons (Fsp3) is 0.533. The van der Waals surface area contributed by atoms with E-state index in [1.54, 1.807) is 6.07 Å². The van der Waals surface area contributed by atoms with E-state index in [0.717, 1.165) is 35.8 Å². The molecule has 1 atom stereocenters. The summed E-state index contributed by atoms with van der Waals surface area (Å²) in [6, 6.07) is 3.61. The molecule has 1 unspecified atom stereocenters. The predicted octanol–water partition coefficient (Wildman–Crippen LogP) is 2.18. The smallest absolute Gasteiger partial charge is 0.257 e. The van der Waals surface area contributed by atoms with E-state index in [0.29, 0.717) is 17.8 Å². The third-order valence-corrected chi connectivity index (χ3v) is 5.03. The summed E-state index contributed by atoms with van der Waals surface area (Å²) in [6.45, 7) is 0.556. The number of rotatable bonds is 3. The summed E-state index contributed by atoms with van der Waals surface area (Å²) in [5, 5.41) is 23.0. The molecule has 5 nitrogen and oxygen atoms in total. The van der Waals surface area contributed by atoms with Gasteiger partial charge in [0.05, 0.1) is 11.3 Å². The fourth-order valence-electron chi connectivity index (χ4n) is 3.26. The summed E-state index contributed by atoms with van der Waals surface area (Å²) >= 11 is 3.49. The summed E-state index contributed by atoms with van der Waals surface area (Å²) in [4.78, 5) is 13.5. The van der Waals surface area contributed by atoms with Gasteiger partial charge in [-0.15, -0.1) is 0 Å². The number of aliphatic hydroxyl groups excluding tert-OH is 1. The number of amides is 1. The van der Waals surface area contributed by atoms with Crippen molar-refractivity contribution < 1.29 is 15.0 Å². The highest BCUT2D eigenvalue weighted by molar-refractivity contribution is 9.10. The molecule has 2 aliphatic rings. The summed E-state index contributed by atoms with van der Waals surface area (Å²) in [5.41, 5.74) is 1.48. The van der Waals surface area contributed by atoms with Crippen LogP contribution in [-0.4, -0.2) is 35.3 Å². The highest BCUT2D eigenvalue weighted by Crippen LogP contribution is 2.40. The Bertz CT molecular complexity index is 585. The van der Waals surface area contributed by atoms with Crippen LogP contribution < -0.4 is 10.2 Å². The number of halogens is 1. The lowest BCUT2D eigenvalue weighted by atomic mass is 10.0. The Morgan fingerprint density at radius 3 is 2.76 bits per heavy atom. The summed E-state index contributed by atoms with van der Waals surface area (Å²) in [6.07, 6.45) is 2.69. The number of likely N-dealkylation sites (N-methyl/N-ethyl adjacent to an activating group) is 1. The minimum Gasteiger partial charge on any atom is -0.388 e. The Morgan fingerprint density at radius 2 is 2.10 bits per heavy atom. The number of hydrogen-bond donors (Lipinski definition) is 3. The van der Waals surface area contributed by atoms with Gasteiger partial charge in [0.25, 0.3) is 5.91 Å². The molecular weight excluding hydrogens is 336 g/mol. The molecule has 1 aliphatic carbocycles. The van der Waals surface area contributed by atoms with Crippen LogP contribution in [0.3, 0.4) is 0 Å². The largest absolute Gasteiger partial charge is 0.388 e. The van der Waals surface area contributed by atoms with E-state index in [9.17, 15) is 15.0 Å². The van der Waals surface area contributed by atoms with Crippen molar-refractivity contribution in [3.63, 3.8) is 0 Å². The highest BCUT2D eigenvalue weighted by atomic mass is 79.9. The van der Waals surface area contributed by atoms with Gasteiger partial charge in [-0.25, -0.2) is 0 Å². The topological polar surface area (TPSA) is 72.8 Å². The lowest BCUT2D eigenvalue weighted by Crippen LogP contribution is -2.39. The molecule has 1 aromatic rings. The van der Waals surface area contributed by atoms with E-state index in [4.69, 9.17) is 0 Å². The number of benzene rings is 1. The molecule has 114 valence electrons. The van der Waals surface area contributed by atoms with Crippen molar-refractivity contribution in [1.82, 2.24) is 0 Å². The summed E-state index contributed by atoms with van der Waals surface area (Å²) < 4.78 is 0.806. The van der Waals surface area contributed by atoms with E-state index >= 15 is 0 Å². The maximum absolute atomic E-state index is 11.5. The number of anilines is 2. The monoisotopic (exact) mass is 354 g/mol. The zero-order chi connectivity index (χ0) is 15.2. The van der Waals surface area contributed by atoms with Gasteiger partial charge in [-0.1, -0.05) is 12.8 Å². The van der Waals surface area contributed by atoms with Crippen LogP contribution in [-0.2, 0) is 4.79 Å². The van der Waals surface area contributed by atoms with E-state index in [1.165, 1.54) is 0 Å². The molecule has 1 amide bonds. The molecular formula is C15H19BrN2O3. The van der Waals surface area contributed by atoms with Crippen LogP contribution in [0.5, 0.6) is 0 Å². The molecule has 6 heteroatoms. The molecule has 1 fully saturated rings. The van der Waals surface area contributed by atoms with Crippen LogP contribution in [0.25, 0.3) is 0 Å². The SMILES string of the molecule is CN(CC1(O)CCCC1)c1cc2c(cc1Br)C(O)C(=O)N2. The van der Waals surface area contributed by atoms with Crippen molar-refractivity contribution in [3.05, 3.63) is 22.2 Å². The first-order valence-electron chi connectivity index (χ1n) is 7.15. The van der Waals surface area contributed by atoms with Crippen LogP contribution in [0, 0.1) is 0 Å². The average molecular weight is 355 g/mol. The molecule has 3 rings (SSSR count). The Labute approximate surface area is 132 Å². The average Bonchev–Trinajstić information content (AvgIpc) is 2.95. The zero-order valence-electron chi connectivity index (χ0n) is 11.9. The van der Waals surface area contributed by atoms with Crippen molar-refractivity contribution in [2.24, 2.45) is 0 Å². The second kappa shape index (κ2) is 5.26. The molecule has 1 aromatic carbocycles. The second-order valence-electron chi connectivity index (χ2n) is 6.07. The van der Waals surface area contributed by atoms with E-state index in [-0.39, 0.29) is 0 Å². The Hall–Kier alpha value is -1.11. The van der Waals surface area contributed by atoms with Crippen LogP contribution in [0.4, 0.5) is 11.4 Å². The van der Waals surface area contributed by atoms with Gasteiger partial charge >= 0.3 is 0 Å². The molecule has 0 radical (unpaired) electrons. The van der Waals surface area contributed by atoms with Gasteiger partial charge in [0, 0.05) is 29.3 Å². The first-order chi connectivity index (χ1) is 9.89. The maximum Gasteiger partial charge on any atom is 0.257 e. The van der Waals surface area contributed by atoms with Crippen LogP contribution in [0.1, 0.15) is 37.4 Å². The first-order valence-corrected chi connectivity index (χ1v) is 7.95. The maximum atomic E-state index is 11.5. The molecule has 0 aromatic heterocycles. The lowest BCUT2D eigenvalue weighted by molar-refractivity contribution is -0.123. The van der Waals surface area contributed by atoms with Gasteiger partial charge < -0.3 is 20.4 Å². The number of fused-ring (bicyclic) bond motifs is 1. The molecule has 21 heavy (non-hydrogen) atoms. The van der Waals surface area contributed by atoms with Crippen molar-refractivity contribution in [2.75, 3.05) is 23.8 Å². The number of hydrogen-bond acceptors (Lipinski definition) is 4. The quantitative estimate of drug-likeness (QED) is 0.777. The number of nitrogens with zero attached hydrogens (tertiary/aromatic N) is 1. The Morgan fingerprint density at radius 1 is 1.43 bits per heavy atom. The third-order valence-electron chi connectivity index (χ3n) is 4.40. The van der Waals surface area contributed by atoms with E-state index < -0.39 is 17.6 Å².